The van der Waals surface area contributed by atoms with E-state index in [-0.39, 0.29) is 24.0 Å². The van der Waals surface area contributed by atoms with E-state index in [1.54, 1.807) is 0 Å². The number of H-pyrrole nitrogens is 1. The second kappa shape index (κ2) is 10.9. The topological polar surface area (TPSA) is 99.8 Å². The van der Waals surface area contributed by atoms with Crippen molar-refractivity contribution < 1.29 is 14.3 Å². The number of morpholine rings is 2. The highest BCUT2D eigenvalue weighted by molar-refractivity contribution is 5.76. The summed E-state index contributed by atoms with van der Waals surface area (Å²) in [5.74, 6) is 1.12. The molecule has 0 aliphatic carbocycles. The third kappa shape index (κ3) is 6.52. The molecule has 1 atom stereocenters. The Balaban J connectivity index is 1.47. The van der Waals surface area contributed by atoms with Crippen LogP contribution in [0.2, 0.25) is 0 Å². The molecule has 0 unspecified atom stereocenters. The molecule has 1 aromatic rings. The van der Waals surface area contributed by atoms with Gasteiger partial charge in [-0.2, -0.15) is 0 Å². The monoisotopic (exact) mass is 421 g/mol. The van der Waals surface area contributed by atoms with Crippen LogP contribution in [0.15, 0.2) is 4.79 Å². The minimum Gasteiger partial charge on any atom is -0.378 e. The number of carbonyl (C=O) groups excluding carboxylic acids is 1. The molecule has 9 nitrogen and oxygen atoms in total. The highest BCUT2D eigenvalue weighted by Gasteiger charge is 2.22. The van der Waals surface area contributed by atoms with Gasteiger partial charge in [-0.05, 0) is 19.3 Å². The number of amides is 1. The molecule has 2 N–H and O–H groups in total. The second-order valence-corrected chi connectivity index (χ2v) is 8.50. The Labute approximate surface area is 178 Å². The van der Waals surface area contributed by atoms with Crippen LogP contribution in [0.25, 0.3) is 0 Å². The average Bonchev–Trinajstić information content (AvgIpc) is 2.72. The Bertz CT molecular complexity index is 760. The lowest BCUT2D eigenvalue weighted by molar-refractivity contribution is -0.122. The largest absolute Gasteiger partial charge is 0.378 e. The summed E-state index contributed by atoms with van der Waals surface area (Å²) in [6.07, 6.45) is 0.639. The van der Waals surface area contributed by atoms with Crippen LogP contribution in [0.1, 0.15) is 31.5 Å². The predicted octanol–water partition coefficient (Wildman–Crippen LogP) is 0.321. The summed E-state index contributed by atoms with van der Waals surface area (Å²) >= 11 is 0. The molecule has 0 radical (unpaired) electrons. The number of nitrogens with zero attached hydrogens (tertiary/aromatic N) is 3. The van der Waals surface area contributed by atoms with Gasteiger partial charge >= 0.3 is 0 Å². The molecule has 0 saturated carbocycles. The predicted molar refractivity (Wildman–Crippen MR) is 115 cm³/mol. The van der Waals surface area contributed by atoms with Gasteiger partial charge in [-0.3, -0.25) is 19.5 Å². The van der Waals surface area contributed by atoms with Crippen LogP contribution in [-0.2, 0) is 20.7 Å². The van der Waals surface area contributed by atoms with Crippen molar-refractivity contribution in [3.05, 3.63) is 21.6 Å². The first-order valence-electron chi connectivity index (χ1n) is 11.0. The van der Waals surface area contributed by atoms with Crippen molar-refractivity contribution in [2.45, 2.75) is 39.7 Å². The van der Waals surface area contributed by atoms with Crippen molar-refractivity contribution in [1.29, 1.82) is 0 Å². The Kier molecular flexibility index (Phi) is 8.24. The maximum absolute atomic E-state index is 12.5. The molecule has 1 amide bonds. The third-order valence-corrected chi connectivity index (χ3v) is 5.50. The van der Waals surface area contributed by atoms with Crippen LogP contribution in [0.4, 0.5) is 5.95 Å². The van der Waals surface area contributed by atoms with Gasteiger partial charge in [-0.25, -0.2) is 4.98 Å². The van der Waals surface area contributed by atoms with Crippen LogP contribution in [-0.4, -0.2) is 86.0 Å². The normalized spacial score (nSPS) is 20.5. The average molecular weight is 422 g/mol. The maximum Gasteiger partial charge on any atom is 0.255 e. The summed E-state index contributed by atoms with van der Waals surface area (Å²) in [4.78, 5) is 36.7. The molecule has 0 bridgehead atoms. The first kappa shape index (κ1) is 22.7. The number of ether oxygens (including phenoxy) is 2. The molecule has 2 fully saturated rings. The number of anilines is 1. The zero-order valence-corrected chi connectivity index (χ0v) is 18.4. The summed E-state index contributed by atoms with van der Waals surface area (Å²) in [5, 5.41) is 2.95. The minimum absolute atomic E-state index is 0.0149. The molecule has 0 aromatic carbocycles. The van der Waals surface area contributed by atoms with Gasteiger partial charge in [0.25, 0.3) is 5.56 Å². The molecule has 9 heteroatoms. The van der Waals surface area contributed by atoms with Gasteiger partial charge in [-0.1, -0.05) is 13.8 Å². The molecule has 168 valence electrons. The van der Waals surface area contributed by atoms with Gasteiger partial charge in [0.1, 0.15) is 0 Å². The fourth-order valence-corrected chi connectivity index (χ4v) is 3.96. The van der Waals surface area contributed by atoms with Gasteiger partial charge in [-0.15, -0.1) is 0 Å². The zero-order valence-electron chi connectivity index (χ0n) is 18.4. The van der Waals surface area contributed by atoms with Gasteiger partial charge in [0.05, 0.1) is 25.9 Å². The third-order valence-electron chi connectivity index (χ3n) is 5.50. The molecule has 2 aliphatic heterocycles. The quantitative estimate of drug-likeness (QED) is 0.624. The molecule has 3 heterocycles. The SMILES string of the molecule is Cc1nc(N2CCOCC2)[nH]c(=O)c1CCC(=O)NC[C@H]1CN(CC(C)C)CCO1. The van der Waals surface area contributed by atoms with Crippen LogP contribution in [0, 0.1) is 12.8 Å². The fraction of sp³-hybridized carbons (Fsp3) is 0.762. The van der Waals surface area contributed by atoms with Crippen molar-refractivity contribution in [3.63, 3.8) is 0 Å². The first-order valence-corrected chi connectivity index (χ1v) is 11.0. The van der Waals surface area contributed by atoms with Gasteiger partial charge in [0.2, 0.25) is 11.9 Å². The van der Waals surface area contributed by atoms with E-state index in [9.17, 15) is 9.59 Å². The Morgan fingerprint density at radius 3 is 2.73 bits per heavy atom. The number of nitrogens with one attached hydrogen (secondary N) is 2. The van der Waals surface area contributed by atoms with E-state index in [1.807, 2.05) is 11.8 Å². The van der Waals surface area contributed by atoms with Crippen LogP contribution in [0.5, 0.6) is 0 Å². The first-order chi connectivity index (χ1) is 14.4. The molecule has 2 aliphatic rings. The van der Waals surface area contributed by atoms with Crippen LogP contribution < -0.4 is 15.8 Å². The second-order valence-electron chi connectivity index (χ2n) is 8.50. The zero-order chi connectivity index (χ0) is 21.5. The van der Waals surface area contributed by atoms with Crippen LogP contribution >= 0.6 is 0 Å². The molecule has 0 spiro atoms. The summed E-state index contributed by atoms with van der Waals surface area (Å²) in [6.45, 7) is 12.9. The molecule has 1 aromatic heterocycles. The van der Waals surface area contributed by atoms with E-state index in [2.05, 4.69) is 34.0 Å². The highest BCUT2D eigenvalue weighted by Crippen LogP contribution is 2.11. The number of aromatic amines is 1. The molecular weight excluding hydrogens is 386 g/mol. The lowest BCUT2D eigenvalue weighted by atomic mass is 10.1. The number of aromatic nitrogens is 2. The number of rotatable bonds is 8. The Hall–Kier alpha value is -1.97. The van der Waals surface area contributed by atoms with E-state index in [0.29, 0.717) is 69.0 Å². The van der Waals surface area contributed by atoms with Crippen molar-refractivity contribution >= 4 is 11.9 Å². The van der Waals surface area contributed by atoms with Crippen molar-refractivity contribution in [1.82, 2.24) is 20.2 Å². The fourth-order valence-electron chi connectivity index (χ4n) is 3.96. The van der Waals surface area contributed by atoms with Crippen molar-refractivity contribution in [2.24, 2.45) is 5.92 Å². The maximum atomic E-state index is 12.5. The highest BCUT2D eigenvalue weighted by atomic mass is 16.5. The summed E-state index contributed by atoms with van der Waals surface area (Å²) in [5.41, 5.74) is 1.07. The van der Waals surface area contributed by atoms with Gasteiger partial charge in [0.15, 0.2) is 0 Å². The number of aryl methyl sites for hydroxylation is 1. The number of carbonyl (C=O) groups is 1. The van der Waals surface area contributed by atoms with Crippen LogP contribution in [0.3, 0.4) is 0 Å². The Morgan fingerprint density at radius 1 is 1.27 bits per heavy atom. The molecule has 30 heavy (non-hydrogen) atoms. The number of hydrogen-bond acceptors (Lipinski definition) is 7. The Morgan fingerprint density at radius 2 is 2.03 bits per heavy atom. The van der Waals surface area contributed by atoms with Gasteiger partial charge < -0.3 is 19.7 Å². The summed E-state index contributed by atoms with van der Waals surface area (Å²) < 4.78 is 11.1. The van der Waals surface area contributed by atoms with Crippen molar-refractivity contribution in [2.75, 3.05) is 64.0 Å². The summed E-state index contributed by atoms with van der Waals surface area (Å²) in [7, 11) is 0. The standard InChI is InChI=1S/C21H35N5O4/c1-15(2)13-25-6-11-30-17(14-25)12-22-19(27)5-4-18-16(3)23-21(24-20(18)28)26-7-9-29-10-8-26/h15,17H,4-14H2,1-3H3,(H,22,27)(H,23,24,28)/t17-/m0/s1. The molecule has 3 rings (SSSR count). The lowest BCUT2D eigenvalue weighted by Crippen LogP contribution is -2.48. The van der Waals surface area contributed by atoms with Gasteiger partial charge in [0, 0.05) is 56.9 Å². The van der Waals surface area contributed by atoms with E-state index in [0.717, 1.165) is 19.6 Å². The lowest BCUT2D eigenvalue weighted by Gasteiger charge is -2.33. The van der Waals surface area contributed by atoms with Crippen molar-refractivity contribution in [3.8, 4) is 0 Å². The van der Waals surface area contributed by atoms with E-state index in [1.165, 1.54) is 0 Å². The molecule has 2 saturated heterocycles. The van der Waals surface area contributed by atoms with E-state index < -0.39 is 0 Å². The smallest absolute Gasteiger partial charge is 0.255 e. The number of hydrogen-bond donors (Lipinski definition) is 2. The minimum atomic E-state index is -0.170. The summed E-state index contributed by atoms with van der Waals surface area (Å²) in [6, 6.07) is 0. The van der Waals surface area contributed by atoms with E-state index in [4.69, 9.17) is 9.47 Å². The molecular formula is C21H35N5O4. The van der Waals surface area contributed by atoms with E-state index >= 15 is 0 Å².